The van der Waals surface area contributed by atoms with Crippen LogP contribution in [-0.4, -0.2) is 60.6 Å². The van der Waals surface area contributed by atoms with Gasteiger partial charge in [0.2, 0.25) is 5.91 Å². The number of ether oxygens (including phenoxy) is 1. The maximum Gasteiger partial charge on any atom is 0.219 e. The number of piperazine rings is 1. The highest BCUT2D eigenvalue weighted by Crippen LogP contribution is 2.18. The summed E-state index contributed by atoms with van der Waals surface area (Å²) in [6.07, 6.45) is 0.882. The van der Waals surface area contributed by atoms with Crippen LogP contribution in [0.1, 0.15) is 18.3 Å². The number of benzene rings is 1. The van der Waals surface area contributed by atoms with Gasteiger partial charge in [0.15, 0.2) is 0 Å². The summed E-state index contributed by atoms with van der Waals surface area (Å²) >= 11 is 0. The topological polar surface area (TPSA) is 70.6 Å². The van der Waals surface area contributed by atoms with Gasteiger partial charge in [-0.25, -0.2) is 9.97 Å². The number of carbonyl (C=O) groups is 1. The molecule has 1 amide bonds. The molecule has 3 rings (SSSR count). The lowest BCUT2D eigenvalue weighted by Gasteiger charge is -2.35. The van der Waals surface area contributed by atoms with Crippen molar-refractivity contribution in [3.63, 3.8) is 0 Å². The Bertz CT molecular complexity index is 788. The minimum atomic E-state index is 0.133. The van der Waals surface area contributed by atoms with Crippen LogP contribution in [-0.2, 0) is 11.2 Å². The average molecular weight is 369 g/mol. The Balaban J connectivity index is 1.59. The van der Waals surface area contributed by atoms with Crippen LogP contribution in [0.25, 0.3) is 0 Å². The SMILES string of the molecule is COc1cccc(CCNc2cc(N3CCN(C(C)=O)CC3)nc(C)n2)c1. The zero-order chi connectivity index (χ0) is 19.2. The number of anilines is 2. The van der Waals surface area contributed by atoms with Gasteiger partial charge in [-0.15, -0.1) is 0 Å². The molecule has 27 heavy (non-hydrogen) atoms. The van der Waals surface area contributed by atoms with Gasteiger partial charge in [-0.3, -0.25) is 4.79 Å². The van der Waals surface area contributed by atoms with E-state index in [4.69, 9.17) is 4.74 Å². The summed E-state index contributed by atoms with van der Waals surface area (Å²) in [5.74, 6) is 3.49. The Hall–Kier alpha value is -2.83. The van der Waals surface area contributed by atoms with Crippen molar-refractivity contribution in [1.29, 1.82) is 0 Å². The Labute approximate surface area is 160 Å². The second-order valence-corrected chi connectivity index (χ2v) is 6.68. The molecule has 7 heteroatoms. The van der Waals surface area contributed by atoms with Gasteiger partial charge < -0.3 is 19.9 Å². The van der Waals surface area contributed by atoms with Crippen molar-refractivity contribution < 1.29 is 9.53 Å². The molecule has 0 aliphatic carbocycles. The molecule has 2 heterocycles. The van der Waals surface area contributed by atoms with Crippen molar-refractivity contribution in [2.24, 2.45) is 0 Å². The van der Waals surface area contributed by atoms with Crippen LogP contribution in [0.2, 0.25) is 0 Å². The van der Waals surface area contributed by atoms with Crippen LogP contribution in [0.4, 0.5) is 11.6 Å². The number of hydrogen-bond donors (Lipinski definition) is 1. The van der Waals surface area contributed by atoms with Gasteiger partial charge >= 0.3 is 0 Å². The van der Waals surface area contributed by atoms with Crippen molar-refractivity contribution in [2.75, 3.05) is 50.1 Å². The monoisotopic (exact) mass is 369 g/mol. The average Bonchev–Trinajstić information content (AvgIpc) is 2.68. The van der Waals surface area contributed by atoms with Gasteiger partial charge in [0.05, 0.1) is 7.11 Å². The maximum atomic E-state index is 11.5. The minimum absolute atomic E-state index is 0.133. The van der Waals surface area contributed by atoms with E-state index in [-0.39, 0.29) is 5.91 Å². The summed E-state index contributed by atoms with van der Waals surface area (Å²) in [7, 11) is 1.68. The van der Waals surface area contributed by atoms with Crippen molar-refractivity contribution in [1.82, 2.24) is 14.9 Å². The molecule has 1 aromatic heterocycles. The number of aromatic nitrogens is 2. The number of nitrogens with zero attached hydrogens (tertiary/aromatic N) is 4. The molecule has 144 valence electrons. The van der Waals surface area contributed by atoms with Gasteiger partial charge in [0.25, 0.3) is 0 Å². The molecule has 0 atom stereocenters. The Kier molecular flexibility index (Phi) is 6.11. The molecular weight excluding hydrogens is 342 g/mol. The van der Waals surface area contributed by atoms with Crippen LogP contribution in [0.15, 0.2) is 30.3 Å². The van der Waals surface area contributed by atoms with Gasteiger partial charge in [0.1, 0.15) is 23.2 Å². The van der Waals surface area contributed by atoms with E-state index >= 15 is 0 Å². The number of rotatable bonds is 6. The molecule has 2 aromatic rings. The number of nitrogens with one attached hydrogen (secondary N) is 1. The molecule has 1 N–H and O–H groups in total. The number of aryl methyl sites for hydroxylation is 1. The second kappa shape index (κ2) is 8.70. The van der Waals surface area contributed by atoms with Crippen molar-refractivity contribution in [3.05, 3.63) is 41.7 Å². The molecule has 7 nitrogen and oxygen atoms in total. The fraction of sp³-hybridized carbons (Fsp3) is 0.450. The van der Waals surface area contributed by atoms with Gasteiger partial charge in [-0.2, -0.15) is 0 Å². The predicted molar refractivity (Wildman–Crippen MR) is 106 cm³/mol. The number of amides is 1. The third kappa shape index (κ3) is 5.09. The Morgan fingerprint density at radius 1 is 1.19 bits per heavy atom. The standard InChI is InChI=1S/C20H27N5O2/c1-15-22-19(21-8-7-17-5-4-6-18(13-17)27-3)14-20(23-15)25-11-9-24(10-12-25)16(2)26/h4-6,13-14H,7-12H2,1-3H3,(H,21,22,23). The highest BCUT2D eigenvalue weighted by atomic mass is 16.5. The van der Waals surface area contributed by atoms with E-state index in [0.29, 0.717) is 0 Å². The molecule has 1 fully saturated rings. The van der Waals surface area contributed by atoms with Crippen molar-refractivity contribution in [2.45, 2.75) is 20.3 Å². The summed E-state index contributed by atoms with van der Waals surface area (Å²) < 4.78 is 5.27. The molecule has 0 saturated carbocycles. The van der Waals surface area contributed by atoms with E-state index in [0.717, 1.165) is 62.4 Å². The normalized spacial score (nSPS) is 14.2. The summed E-state index contributed by atoms with van der Waals surface area (Å²) in [6.45, 7) is 7.35. The summed E-state index contributed by atoms with van der Waals surface area (Å²) in [5.41, 5.74) is 1.22. The summed E-state index contributed by atoms with van der Waals surface area (Å²) in [4.78, 5) is 24.6. The van der Waals surface area contributed by atoms with Gasteiger partial charge in [-0.1, -0.05) is 12.1 Å². The lowest BCUT2D eigenvalue weighted by atomic mass is 10.1. The molecule has 0 bridgehead atoms. The number of carbonyl (C=O) groups excluding carboxylic acids is 1. The third-order valence-electron chi connectivity index (χ3n) is 4.73. The first kappa shape index (κ1) is 18.9. The fourth-order valence-corrected chi connectivity index (χ4v) is 3.22. The lowest BCUT2D eigenvalue weighted by Crippen LogP contribution is -2.48. The smallest absolute Gasteiger partial charge is 0.219 e. The fourth-order valence-electron chi connectivity index (χ4n) is 3.22. The van der Waals surface area contributed by atoms with Gasteiger partial charge in [0, 0.05) is 45.7 Å². The second-order valence-electron chi connectivity index (χ2n) is 6.68. The first-order valence-electron chi connectivity index (χ1n) is 9.28. The van der Waals surface area contributed by atoms with Crippen LogP contribution < -0.4 is 15.0 Å². The molecule has 0 spiro atoms. The third-order valence-corrected chi connectivity index (χ3v) is 4.73. The lowest BCUT2D eigenvalue weighted by molar-refractivity contribution is -0.129. The molecule has 1 saturated heterocycles. The number of methoxy groups -OCH3 is 1. The van der Waals surface area contributed by atoms with Gasteiger partial charge in [-0.05, 0) is 31.0 Å². The highest BCUT2D eigenvalue weighted by molar-refractivity contribution is 5.73. The van der Waals surface area contributed by atoms with Crippen LogP contribution in [0.5, 0.6) is 5.75 Å². The molecule has 0 unspecified atom stereocenters. The van der Waals surface area contributed by atoms with E-state index in [1.165, 1.54) is 5.56 Å². The molecule has 1 aromatic carbocycles. The van der Waals surface area contributed by atoms with Crippen molar-refractivity contribution >= 4 is 17.5 Å². The van der Waals surface area contributed by atoms with E-state index in [9.17, 15) is 4.79 Å². The Morgan fingerprint density at radius 3 is 2.67 bits per heavy atom. The first-order valence-corrected chi connectivity index (χ1v) is 9.28. The van der Waals surface area contributed by atoms with Crippen LogP contribution in [0, 0.1) is 6.92 Å². The zero-order valence-electron chi connectivity index (χ0n) is 16.2. The molecule has 1 aliphatic rings. The Morgan fingerprint density at radius 2 is 1.96 bits per heavy atom. The minimum Gasteiger partial charge on any atom is -0.497 e. The maximum absolute atomic E-state index is 11.5. The summed E-state index contributed by atoms with van der Waals surface area (Å²) in [5, 5.41) is 3.39. The van der Waals surface area contributed by atoms with E-state index in [2.05, 4.69) is 26.3 Å². The van der Waals surface area contributed by atoms with E-state index in [1.54, 1.807) is 14.0 Å². The predicted octanol–water partition coefficient (Wildman–Crippen LogP) is 2.12. The zero-order valence-corrected chi connectivity index (χ0v) is 16.2. The van der Waals surface area contributed by atoms with Crippen molar-refractivity contribution in [3.8, 4) is 5.75 Å². The van der Waals surface area contributed by atoms with Crippen LogP contribution in [0.3, 0.4) is 0 Å². The quantitative estimate of drug-likeness (QED) is 0.841. The van der Waals surface area contributed by atoms with E-state index in [1.807, 2.05) is 36.1 Å². The molecular formula is C20H27N5O2. The summed E-state index contributed by atoms with van der Waals surface area (Å²) in [6, 6.07) is 10.1. The van der Waals surface area contributed by atoms with E-state index < -0.39 is 0 Å². The largest absolute Gasteiger partial charge is 0.497 e. The molecule has 0 radical (unpaired) electrons. The first-order chi connectivity index (χ1) is 13.0. The highest BCUT2D eigenvalue weighted by Gasteiger charge is 2.20. The number of hydrogen-bond acceptors (Lipinski definition) is 6. The van der Waals surface area contributed by atoms with Crippen LogP contribution >= 0.6 is 0 Å². The molecule has 1 aliphatic heterocycles.